The van der Waals surface area contributed by atoms with E-state index in [9.17, 15) is 13.5 Å². The molecule has 2 saturated carbocycles. The van der Waals surface area contributed by atoms with Crippen LogP contribution in [-0.2, 0) is 23.8 Å². The molecule has 25 heavy (non-hydrogen) atoms. The minimum atomic E-state index is -3.88. The average Bonchev–Trinajstić information content (AvgIpc) is 3.14. The van der Waals surface area contributed by atoms with Gasteiger partial charge in [-0.1, -0.05) is 17.7 Å². The lowest BCUT2D eigenvalue weighted by Gasteiger charge is -2.37. The molecule has 4 aliphatic rings. The monoisotopic (exact) mass is 366 g/mol. The number of aryl methyl sites for hydroxylation is 1. The van der Waals surface area contributed by atoms with Crippen LogP contribution in [0.4, 0.5) is 0 Å². The van der Waals surface area contributed by atoms with Crippen LogP contribution in [-0.4, -0.2) is 37.3 Å². The van der Waals surface area contributed by atoms with E-state index >= 15 is 0 Å². The van der Waals surface area contributed by atoms with Crippen molar-refractivity contribution >= 4 is 10.1 Å². The molecule has 1 aromatic carbocycles. The molecule has 6 nitrogen and oxygen atoms in total. The maximum absolute atomic E-state index is 12.7. The molecule has 6 unspecified atom stereocenters. The molecule has 5 rings (SSSR count). The van der Waals surface area contributed by atoms with E-state index in [0.717, 1.165) is 12.0 Å². The molecule has 1 aromatic rings. The topological polar surface area (TPSA) is 82.1 Å². The van der Waals surface area contributed by atoms with Crippen molar-refractivity contribution in [2.45, 2.75) is 55.9 Å². The van der Waals surface area contributed by atoms with Gasteiger partial charge in [-0.2, -0.15) is 8.42 Å². The Morgan fingerprint density at radius 1 is 1.16 bits per heavy atom. The summed E-state index contributed by atoms with van der Waals surface area (Å²) in [5.74, 6) is -2.16. The maximum Gasteiger partial charge on any atom is 0.297 e. The number of fused-ring (bicyclic) bond motifs is 2. The Balaban J connectivity index is 1.48. The van der Waals surface area contributed by atoms with E-state index in [1.165, 1.54) is 0 Å². The number of benzene rings is 1. The second-order valence-corrected chi connectivity index (χ2v) is 9.77. The standard InChI is InChI=1S/C18H22O6S/c1-9-4-6-10(7-5-9)25(20,21)23-16-11-8-12-14-13(11)17(2,19)24-18(14,3)22-15(12)16/h4-7,11-16,19H,8H2,1-3H3/t11?,12?,13?,14?,15?,16-,17-,18?/m0/s1. The van der Waals surface area contributed by atoms with Crippen LogP contribution >= 0.6 is 0 Å². The first kappa shape index (κ1) is 16.2. The van der Waals surface area contributed by atoms with E-state index in [-0.39, 0.29) is 34.7 Å². The Bertz CT molecular complexity index is 832. The molecule has 0 spiro atoms. The highest BCUT2D eigenvalue weighted by atomic mass is 32.2. The fourth-order valence-electron chi connectivity index (χ4n) is 5.86. The van der Waals surface area contributed by atoms with Crippen molar-refractivity contribution in [3.05, 3.63) is 29.8 Å². The SMILES string of the molecule is Cc1ccc(S(=O)(=O)O[C@H]2C3CC4C2OC2(C)O[C@](C)(O)C3C42)cc1. The number of ether oxygens (including phenoxy) is 2. The van der Waals surface area contributed by atoms with Gasteiger partial charge in [-0.25, -0.2) is 0 Å². The van der Waals surface area contributed by atoms with Gasteiger partial charge in [0.1, 0.15) is 6.10 Å². The third-order valence-corrected chi connectivity index (χ3v) is 7.90. The lowest BCUT2D eigenvalue weighted by Crippen LogP contribution is -2.48. The summed E-state index contributed by atoms with van der Waals surface area (Å²) in [5, 5.41) is 10.7. The quantitative estimate of drug-likeness (QED) is 0.822. The van der Waals surface area contributed by atoms with Crippen molar-refractivity contribution in [1.82, 2.24) is 0 Å². The van der Waals surface area contributed by atoms with Crippen LogP contribution in [0.2, 0.25) is 0 Å². The summed E-state index contributed by atoms with van der Waals surface area (Å²) in [6, 6.07) is 6.62. The van der Waals surface area contributed by atoms with Crippen LogP contribution < -0.4 is 0 Å². The molecule has 136 valence electrons. The number of hydrogen-bond acceptors (Lipinski definition) is 6. The fourth-order valence-corrected chi connectivity index (χ4v) is 6.98. The fraction of sp³-hybridized carbons (Fsp3) is 0.667. The normalized spacial score (nSPS) is 49.9. The van der Waals surface area contributed by atoms with E-state index in [4.69, 9.17) is 13.7 Å². The minimum absolute atomic E-state index is 0.0838. The minimum Gasteiger partial charge on any atom is -0.365 e. The average molecular weight is 366 g/mol. The van der Waals surface area contributed by atoms with Gasteiger partial charge in [0.15, 0.2) is 11.6 Å². The summed E-state index contributed by atoms with van der Waals surface area (Å²) in [6.07, 6.45) is -0.0641. The lowest BCUT2D eigenvalue weighted by atomic mass is 9.74. The van der Waals surface area contributed by atoms with Gasteiger partial charge in [0.25, 0.3) is 10.1 Å². The first-order chi connectivity index (χ1) is 11.6. The van der Waals surface area contributed by atoms with Gasteiger partial charge in [-0.15, -0.1) is 0 Å². The van der Waals surface area contributed by atoms with Crippen molar-refractivity contribution in [2.75, 3.05) is 0 Å². The van der Waals surface area contributed by atoms with Crippen LogP contribution in [0.5, 0.6) is 0 Å². The predicted molar refractivity (Wildman–Crippen MR) is 86.8 cm³/mol. The van der Waals surface area contributed by atoms with Gasteiger partial charge < -0.3 is 14.6 Å². The molecule has 2 bridgehead atoms. The van der Waals surface area contributed by atoms with Gasteiger partial charge >= 0.3 is 0 Å². The van der Waals surface area contributed by atoms with Crippen LogP contribution in [0.15, 0.2) is 29.2 Å². The van der Waals surface area contributed by atoms with E-state index in [1.807, 2.05) is 13.8 Å². The van der Waals surface area contributed by atoms with Crippen molar-refractivity contribution in [1.29, 1.82) is 0 Å². The summed E-state index contributed by atoms with van der Waals surface area (Å²) in [6.45, 7) is 5.39. The van der Waals surface area contributed by atoms with Crippen LogP contribution in [0.1, 0.15) is 25.8 Å². The molecule has 0 radical (unpaired) electrons. The van der Waals surface area contributed by atoms with Gasteiger partial charge in [-0.05, 0) is 51.2 Å². The Kier molecular flexibility index (Phi) is 3.01. The molecule has 2 saturated heterocycles. The predicted octanol–water partition coefficient (Wildman–Crippen LogP) is 1.80. The Hall–Kier alpha value is -0.990. The molecule has 7 heteroatoms. The highest BCUT2D eigenvalue weighted by Crippen LogP contribution is 2.70. The Morgan fingerprint density at radius 3 is 2.52 bits per heavy atom. The zero-order valence-corrected chi connectivity index (χ0v) is 15.2. The summed E-state index contributed by atoms with van der Waals surface area (Å²) in [5.41, 5.74) is 0.985. The van der Waals surface area contributed by atoms with Crippen LogP contribution in [0.3, 0.4) is 0 Å². The van der Waals surface area contributed by atoms with E-state index < -0.39 is 27.8 Å². The molecule has 0 amide bonds. The van der Waals surface area contributed by atoms with Gasteiger partial charge in [0.05, 0.1) is 11.0 Å². The van der Waals surface area contributed by atoms with Crippen molar-refractivity contribution < 1.29 is 27.2 Å². The van der Waals surface area contributed by atoms with Crippen molar-refractivity contribution in [3.63, 3.8) is 0 Å². The van der Waals surface area contributed by atoms with Gasteiger partial charge in [0, 0.05) is 11.8 Å². The molecule has 2 aliphatic heterocycles. The highest BCUT2D eigenvalue weighted by molar-refractivity contribution is 7.86. The Morgan fingerprint density at radius 2 is 1.84 bits per heavy atom. The van der Waals surface area contributed by atoms with Crippen molar-refractivity contribution in [2.24, 2.45) is 23.7 Å². The van der Waals surface area contributed by atoms with Gasteiger partial charge in [-0.3, -0.25) is 4.18 Å². The van der Waals surface area contributed by atoms with Crippen LogP contribution in [0, 0.1) is 30.6 Å². The first-order valence-electron chi connectivity index (χ1n) is 8.73. The second-order valence-electron chi connectivity index (χ2n) is 8.20. The third-order valence-electron chi connectivity index (χ3n) is 6.57. The zero-order valence-electron chi connectivity index (χ0n) is 14.4. The van der Waals surface area contributed by atoms with Gasteiger partial charge in [0.2, 0.25) is 0 Å². The summed E-state index contributed by atoms with van der Waals surface area (Å²) in [7, 11) is -3.88. The Labute approximate surface area is 147 Å². The molecule has 2 heterocycles. The number of hydrogen-bond donors (Lipinski definition) is 1. The highest BCUT2D eigenvalue weighted by Gasteiger charge is 2.78. The van der Waals surface area contributed by atoms with E-state index in [1.54, 1.807) is 31.2 Å². The zero-order chi connectivity index (χ0) is 17.8. The number of aliphatic hydroxyl groups is 1. The molecule has 8 atom stereocenters. The number of rotatable bonds is 3. The lowest BCUT2D eigenvalue weighted by molar-refractivity contribution is -0.316. The van der Waals surface area contributed by atoms with Crippen molar-refractivity contribution in [3.8, 4) is 0 Å². The first-order valence-corrected chi connectivity index (χ1v) is 10.1. The van der Waals surface area contributed by atoms with Crippen LogP contribution in [0.25, 0.3) is 0 Å². The molecular formula is C18H22O6S. The maximum atomic E-state index is 12.7. The van der Waals surface area contributed by atoms with E-state index in [0.29, 0.717) is 0 Å². The smallest absolute Gasteiger partial charge is 0.297 e. The van der Waals surface area contributed by atoms with E-state index in [2.05, 4.69) is 0 Å². The molecule has 2 aliphatic carbocycles. The second kappa shape index (κ2) is 4.64. The molecule has 0 aromatic heterocycles. The summed E-state index contributed by atoms with van der Waals surface area (Å²) < 4.78 is 43.0. The third kappa shape index (κ3) is 2.01. The molecule has 1 N–H and O–H groups in total. The molecular weight excluding hydrogens is 344 g/mol. The largest absolute Gasteiger partial charge is 0.365 e. The summed E-state index contributed by atoms with van der Waals surface area (Å²) in [4.78, 5) is 0.148. The molecule has 4 fully saturated rings. The summed E-state index contributed by atoms with van der Waals surface area (Å²) >= 11 is 0.